The number of halogens is 1. The lowest BCUT2D eigenvalue weighted by molar-refractivity contribution is -0.125. The number of piperidine rings is 1. The molecule has 0 aromatic heterocycles. The van der Waals surface area contributed by atoms with Gasteiger partial charge in [-0.05, 0) is 44.1 Å². The summed E-state index contributed by atoms with van der Waals surface area (Å²) in [5, 5.41) is 6.41. The van der Waals surface area contributed by atoms with E-state index in [4.69, 9.17) is 4.74 Å². The molecule has 0 aromatic carbocycles. The van der Waals surface area contributed by atoms with Gasteiger partial charge in [0.2, 0.25) is 5.91 Å². The molecule has 0 spiro atoms. The van der Waals surface area contributed by atoms with Crippen LogP contribution in [-0.2, 0) is 9.53 Å². The predicted octanol–water partition coefficient (Wildman–Crippen LogP) is 1.34. The minimum absolute atomic E-state index is 0. The minimum Gasteiger partial charge on any atom is -0.385 e. The molecule has 106 valence electrons. The lowest BCUT2D eigenvalue weighted by atomic mass is 9.97. The smallest absolute Gasteiger partial charge is 0.224 e. The first kappa shape index (κ1) is 15.7. The number of amides is 1. The molecule has 1 atom stereocenters. The monoisotopic (exact) mass is 276 g/mol. The van der Waals surface area contributed by atoms with Crippen molar-refractivity contribution in [3.05, 3.63) is 0 Å². The van der Waals surface area contributed by atoms with Crippen LogP contribution in [0.3, 0.4) is 0 Å². The van der Waals surface area contributed by atoms with Crippen LogP contribution in [0, 0.1) is 11.3 Å². The molecular weight excluding hydrogens is 252 g/mol. The number of ether oxygens (including phenoxy) is 1. The number of nitrogens with one attached hydrogen (secondary N) is 2. The molecule has 0 bridgehead atoms. The maximum atomic E-state index is 12.0. The molecule has 5 heteroatoms. The summed E-state index contributed by atoms with van der Waals surface area (Å²) in [6, 6.07) is 0. The second-order valence-electron chi connectivity index (χ2n) is 5.50. The van der Waals surface area contributed by atoms with E-state index < -0.39 is 0 Å². The third kappa shape index (κ3) is 4.41. The van der Waals surface area contributed by atoms with Crippen molar-refractivity contribution in [2.75, 3.05) is 33.4 Å². The largest absolute Gasteiger partial charge is 0.385 e. The highest BCUT2D eigenvalue weighted by atomic mass is 35.5. The van der Waals surface area contributed by atoms with Gasteiger partial charge in [0.25, 0.3) is 0 Å². The van der Waals surface area contributed by atoms with Crippen molar-refractivity contribution in [3.63, 3.8) is 0 Å². The van der Waals surface area contributed by atoms with E-state index >= 15 is 0 Å². The molecule has 2 fully saturated rings. The summed E-state index contributed by atoms with van der Waals surface area (Å²) < 4.78 is 5.12. The zero-order valence-electron chi connectivity index (χ0n) is 11.2. The van der Waals surface area contributed by atoms with E-state index in [0.717, 1.165) is 45.5 Å². The summed E-state index contributed by atoms with van der Waals surface area (Å²) in [7, 11) is 1.74. The number of hydrogen-bond acceptors (Lipinski definition) is 3. The standard InChI is InChI=1S/C13H24N2O2.ClH/c1-17-8-6-13(4-5-13)10-15-12(16)11-3-2-7-14-9-11;/h11,14H,2-10H2,1H3,(H,15,16);1H/t11-;/m1./s1. The average molecular weight is 277 g/mol. The van der Waals surface area contributed by atoms with Gasteiger partial charge < -0.3 is 15.4 Å². The first-order valence-corrected chi connectivity index (χ1v) is 6.73. The van der Waals surface area contributed by atoms with Gasteiger partial charge in [-0.1, -0.05) is 0 Å². The Balaban J connectivity index is 0.00000162. The van der Waals surface area contributed by atoms with Gasteiger partial charge in [0.05, 0.1) is 5.92 Å². The summed E-state index contributed by atoms with van der Waals surface area (Å²) in [5.74, 6) is 0.419. The van der Waals surface area contributed by atoms with Crippen LogP contribution in [-0.4, -0.2) is 39.3 Å². The number of carbonyl (C=O) groups excluding carboxylic acids is 1. The van der Waals surface area contributed by atoms with Crippen molar-refractivity contribution >= 4 is 18.3 Å². The molecule has 1 amide bonds. The van der Waals surface area contributed by atoms with Crippen LogP contribution < -0.4 is 10.6 Å². The van der Waals surface area contributed by atoms with Gasteiger partial charge in [-0.2, -0.15) is 0 Å². The third-order valence-electron chi connectivity index (χ3n) is 4.10. The third-order valence-corrected chi connectivity index (χ3v) is 4.10. The Morgan fingerprint density at radius 3 is 2.83 bits per heavy atom. The van der Waals surface area contributed by atoms with Gasteiger partial charge in [0.1, 0.15) is 0 Å². The summed E-state index contributed by atoms with van der Waals surface area (Å²) in [6.07, 6.45) is 5.70. The van der Waals surface area contributed by atoms with Crippen molar-refractivity contribution in [2.45, 2.75) is 32.1 Å². The Bertz CT molecular complexity index is 264. The molecule has 1 aliphatic heterocycles. The minimum atomic E-state index is 0. The van der Waals surface area contributed by atoms with E-state index in [0.29, 0.717) is 5.41 Å². The summed E-state index contributed by atoms with van der Waals surface area (Å²) >= 11 is 0. The van der Waals surface area contributed by atoms with E-state index in [9.17, 15) is 4.79 Å². The highest BCUT2D eigenvalue weighted by molar-refractivity contribution is 5.85. The Morgan fingerprint density at radius 1 is 1.50 bits per heavy atom. The molecular formula is C13H25ClN2O2. The highest BCUT2D eigenvalue weighted by Gasteiger charge is 2.42. The van der Waals surface area contributed by atoms with Gasteiger partial charge in [-0.15, -0.1) is 12.4 Å². The first-order valence-electron chi connectivity index (χ1n) is 6.73. The fourth-order valence-corrected chi connectivity index (χ4v) is 2.51. The van der Waals surface area contributed by atoms with Gasteiger partial charge in [0, 0.05) is 26.8 Å². The molecule has 2 N–H and O–H groups in total. The molecule has 1 saturated carbocycles. The van der Waals surface area contributed by atoms with Gasteiger partial charge in [-0.3, -0.25) is 4.79 Å². The Labute approximate surface area is 116 Å². The quantitative estimate of drug-likeness (QED) is 0.770. The van der Waals surface area contributed by atoms with E-state index in [1.165, 1.54) is 12.8 Å². The number of hydrogen-bond donors (Lipinski definition) is 2. The molecule has 2 rings (SSSR count). The number of methoxy groups -OCH3 is 1. The van der Waals surface area contributed by atoms with Crippen LogP contribution in [0.5, 0.6) is 0 Å². The van der Waals surface area contributed by atoms with Gasteiger partial charge in [-0.25, -0.2) is 0 Å². The summed E-state index contributed by atoms with van der Waals surface area (Å²) in [6.45, 7) is 3.55. The van der Waals surface area contributed by atoms with Crippen LogP contribution in [0.15, 0.2) is 0 Å². The molecule has 0 unspecified atom stereocenters. The fourth-order valence-electron chi connectivity index (χ4n) is 2.51. The Hall–Kier alpha value is -0.320. The topological polar surface area (TPSA) is 50.4 Å². The van der Waals surface area contributed by atoms with E-state index in [1.807, 2.05) is 0 Å². The van der Waals surface area contributed by atoms with E-state index in [2.05, 4.69) is 10.6 Å². The van der Waals surface area contributed by atoms with Crippen LogP contribution in [0.25, 0.3) is 0 Å². The zero-order chi connectivity index (χ0) is 12.1. The Kier molecular flexibility index (Phi) is 6.39. The van der Waals surface area contributed by atoms with Crippen molar-refractivity contribution in [3.8, 4) is 0 Å². The maximum absolute atomic E-state index is 12.0. The summed E-state index contributed by atoms with van der Waals surface area (Å²) in [5.41, 5.74) is 0.355. The fraction of sp³-hybridized carbons (Fsp3) is 0.923. The molecule has 0 aromatic rings. The molecule has 1 aliphatic carbocycles. The van der Waals surface area contributed by atoms with Gasteiger partial charge in [0.15, 0.2) is 0 Å². The maximum Gasteiger partial charge on any atom is 0.224 e. The molecule has 1 heterocycles. The van der Waals surface area contributed by atoms with Gasteiger partial charge >= 0.3 is 0 Å². The summed E-state index contributed by atoms with van der Waals surface area (Å²) in [4.78, 5) is 12.0. The van der Waals surface area contributed by atoms with E-state index in [1.54, 1.807) is 7.11 Å². The number of rotatable bonds is 6. The second-order valence-corrected chi connectivity index (χ2v) is 5.50. The molecule has 0 radical (unpaired) electrons. The average Bonchev–Trinajstić information content (AvgIpc) is 3.15. The number of carbonyl (C=O) groups is 1. The molecule has 4 nitrogen and oxygen atoms in total. The van der Waals surface area contributed by atoms with Crippen molar-refractivity contribution in [2.24, 2.45) is 11.3 Å². The lowest BCUT2D eigenvalue weighted by Gasteiger charge is -2.23. The molecule has 2 aliphatic rings. The van der Waals surface area contributed by atoms with Crippen LogP contribution in [0.4, 0.5) is 0 Å². The van der Waals surface area contributed by atoms with Crippen molar-refractivity contribution < 1.29 is 9.53 Å². The Morgan fingerprint density at radius 2 is 2.28 bits per heavy atom. The molecule has 18 heavy (non-hydrogen) atoms. The highest BCUT2D eigenvalue weighted by Crippen LogP contribution is 2.48. The van der Waals surface area contributed by atoms with Crippen LogP contribution >= 0.6 is 12.4 Å². The van der Waals surface area contributed by atoms with Crippen molar-refractivity contribution in [1.29, 1.82) is 0 Å². The van der Waals surface area contributed by atoms with E-state index in [-0.39, 0.29) is 24.2 Å². The lowest BCUT2D eigenvalue weighted by Crippen LogP contribution is -2.42. The SMILES string of the molecule is COCCC1(CNC(=O)[C@@H]2CCCNC2)CC1.Cl. The molecule has 1 saturated heterocycles. The normalized spacial score (nSPS) is 25.1. The first-order chi connectivity index (χ1) is 8.26. The van der Waals surface area contributed by atoms with Crippen molar-refractivity contribution in [1.82, 2.24) is 10.6 Å². The zero-order valence-corrected chi connectivity index (χ0v) is 12.0. The van der Waals surface area contributed by atoms with Crippen LogP contribution in [0.1, 0.15) is 32.1 Å². The van der Waals surface area contributed by atoms with Crippen LogP contribution in [0.2, 0.25) is 0 Å². The predicted molar refractivity (Wildman–Crippen MR) is 74.0 cm³/mol. The second kappa shape index (κ2) is 7.31.